The van der Waals surface area contributed by atoms with Gasteiger partial charge in [-0.15, -0.1) is 0 Å². The average Bonchev–Trinajstić information content (AvgIpc) is 2.78. The zero-order valence-corrected chi connectivity index (χ0v) is 11.5. The third-order valence-corrected chi connectivity index (χ3v) is 4.50. The van der Waals surface area contributed by atoms with Crippen LogP contribution in [-0.4, -0.2) is 49.8 Å². The second-order valence-electron chi connectivity index (χ2n) is 5.77. The molecule has 0 aromatic heterocycles. The minimum Gasteiger partial charge on any atom is -0.383 e. The van der Waals surface area contributed by atoms with E-state index in [0.717, 1.165) is 19.2 Å². The summed E-state index contributed by atoms with van der Waals surface area (Å²) < 4.78 is 5.26. The Hall–Kier alpha value is -0.120. The van der Waals surface area contributed by atoms with Gasteiger partial charge in [0, 0.05) is 38.3 Å². The van der Waals surface area contributed by atoms with E-state index in [9.17, 15) is 0 Å². The second-order valence-corrected chi connectivity index (χ2v) is 5.77. The van der Waals surface area contributed by atoms with Crippen LogP contribution in [0.1, 0.15) is 45.4 Å². The largest absolute Gasteiger partial charge is 0.383 e. The highest BCUT2D eigenvalue weighted by atomic mass is 16.5. The zero-order chi connectivity index (χ0) is 12.1. The molecule has 0 amide bonds. The summed E-state index contributed by atoms with van der Waals surface area (Å²) in [5, 5.41) is 3.85. The smallest absolute Gasteiger partial charge is 0.0589 e. The van der Waals surface area contributed by atoms with Gasteiger partial charge in [0.25, 0.3) is 0 Å². The molecule has 1 aliphatic carbocycles. The van der Waals surface area contributed by atoms with E-state index in [1.54, 1.807) is 0 Å². The molecular weight excluding hydrogens is 212 g/mol. The van der Waals surface area contributed by atoms with Crippen LogP contribution in [0.25, 0.3) is 0 Å². The molecular formula is C14H28N2O. The number of methoxy groups -OCH3 is 1. The minimum absolute atomic E-state index is 0.442. The monoisotopic (exact) mass is 240 g/mol. The molecule has 2 fully saturated rings. The van der Waals surface area contributed by atoms with Crippen molar-refractivity contribution >= 4 is 0 Å². The van der Waals surface area contributed by atoms with Gasteiger partial charge in [0.1, 0.15) is 0 Å². The summed E-state index contributed by atoms with van der Waals surface area (Å²) >= 11 is 0. The molecule has 2 aliphatic rings. The molecule has 3 heteroatoms. The lowest BCUT2D eigenvalue weighted by atomic mass is 9.91. The molecule has 1 N–H and O–H groups in total. The van der Waals surface area contributed by atoms with Gasteiger partial charge in [-0.1, -0.05) is 26.2 Å². The van der Waals surface area contributed by atoms with Crippen LogP contribution in [0, 0.1) is 0 Å². The summed E-state index contributed by atoms with van der Waals surface area (Å²) in [6.07, 6.45) is 8.15. The maximum atomic E-state index is 5.26. The molecule has 0 aromatic carbocycles. The average molecular weight is 240 g/mol. The molecule has 1 saturated heterocycles. The highest BCUT2D eigenvalue weighted by Gasteiger charge is 2.40. The Kier molecular flexibility index (Phi) is 4.83. The molecule has 0 bridgehead atoms. The van der Waals surface area contributed by atoms with Crippen LogP contribution < -0.4 is 5.32 Å². The Labute approximate surface area is 106 Å². The Morgan fingerprint density at radius 3 is 2.76 bits per heavy atom. The Balaban J connectivity index is 1.93. The lowest BCUT2D eigenvalue weighted by Crippen LogP contribution is -2.63. The van der Waals surface area contributed by atoms with Crippen LogP contribution in [0.4, 0.5) is 0 Å². The summed E-state index contributed by atoms with van der Waals surface area (Å²) in [4.78, 5) is 2.68. The number of hydrogen-bond acceptors (Lipinski definition) is 3. The van der Waals surface area contributed by atoms with Crippen LogP contribution in [0.3, 0.4) is 0 Å². The van der Waals surface area contributed by atoms with E-state index in [1.807, 2.05) is 7.11 Å². The summed E-state index contributed by atoms with van der Waals surface area (Å²) in [6, 6.07) is 0.723. The van der Waals surface area contributed by atoms with Crippen LogP contribution in [0.2, 0.25) is 0 Å². The van der Waals surface area contributed by atoms with Gasteiger partial charge >= 0.3 is 0 Å². The van der Waals surface area contributed by atoms with Gasteiger partial charge in [0.2, 0.25) is 0 Å². The number of nitrogens with one attached hydrogen (secondary N) is 1. The first-order chi connectivity index (χ1) is 8.29. The van der Waals surface area contributed by atoms with Gasteiger partial charge < -0.3 is 10.1 Å². The first-order valence-corrected chi connectivity index (χ1v) is 7.28. The highest BCUT2D eigenvalue weighted by Crippen LogP contribution is 2.33. The van der Waals surface area contributed by atoms with E-state index < -0.39 is 0 Å². The van der Waals surface area contributed by atoms with Crippen molar-refractivity contribution in [3.63, 3.8) is 0 Å². The SMILES string of the molecule is CCCC1CNC2(CCCC2)CN1CCOC. The van der Waals surface area contributed by atoms with E-state index >= 15 is 0 Å². The third-order valence-electron chi connectivity index (χ3n) is 4.50. The van der Waals surface area contributed by atoms with Crippen LogP contribution in [0.15, 0.2) is 0 Å². The van der Waals surface area contributed by atoms with Gasteiger partial charge in [0.05, 0.1) is 6.61 Å². The molecule has 0 radical (unpaired) electrons. The lowest BCUT2D eigenvalue weighted by molar-refractivity contribution is 0.0505. The normalized spacial score (nSPS) is 28.9. The van der Waals surface area contributed by atoms with Crippen LogP contribution >= 0.6 is 0 Å². The predicted molar refractivity (Wildman–Crippen MR) is 71.3 cm³/mol. The number of piperazine rings is 1. The lowest BCUT2D eigenvalue weighted by Gasteiger charge is -2.46. The molecule has 0 aromatic rings. The van der Waals surface area contributed by atoms with E-state index in [4.69, 9.17) is 4.74 Å². The molecule has 2 rings (SSSR count). The maximum absolute atomic E-state index is 5.26. The summed E-state index contributed by atoms with van der Waals surface area (Å²) in [5.74, 6) is 0. The van der Waals surface area contributed by atoms with Crippen LogP contribution in [-0.2, 0) is 4.74 Å². The van der Waals surface area contributed by atoms with Crippen molar-refractivity contribution in [1.82, 2.24) is 10.2 Å². The summed E-state index contributed by atoms with van der Waals surface area (Å²) in [7, 11) is 1.81. The van der Waals surface area contributed by atoms with Crippen molar-refractivity contribution in [3.05, 3.63) is 0 Å². The Morgan fingerprint density at radius 1 is 1.35 bits per heavy atom. The molecule has 1 saturated carbocycles. The quantitative estimate of drug-likeness (QED) is 0.795. The first kappa shape index (κ1) is 13.3. The molecule has 1 spiro atoms. The maximum Gasteiger partial charge on any atom is 0.0589 e. The second kappa shape index (κ2) is 6.17. The number of hydrogen-bond donors (Lipinski definition) is 1. The van der Waals surface area contributed by atoms with Crippen molar-refractivity contribution in [2.24, 2.45) is 0 Å². The fourth-order valence-corrected chi connectivity index (χ4v) is 3.51. The molecule has 1 unspecified atom stereocenters. The molecule has 1 aliphatic heterocycles. The van der Waals surface area contributed by atoms with Crippen molar-refractivity contribution in [1.29, 1.82) is 0 Å². The standard InChI is InChI=1S/C14H28N2O/c1-3-6-13-11-15-14(7-4-5-8-14)12-16(13)9-10-17-2/h13,15H,3-12H2,1-2H3. The Morgan fingerprint density at radius 2 is 2.12 bits per heavy atom. The van der Waals surface area contributed by atoms with Gasteiger partial charge in [-0.05, 0) is 19.3 Å². The van der Waals surface area contributed by atoms with Gasteiger partial charge in [0.15, 0.2) is 0 Å². The van der Waals surface area contributed by atoms with Crippen molar-refractivity contribution in [2.45, 2.75) is 57.0 Å². The number of ether oxygens (including phenoxy) is 1. The highest BCUT2D eigenvalue weighted by molar-refractivity contribution is 5.00. The molecule has 3 nitrogen and oxygen atoms in total. The fraction of sp³-hybridized carbons (Fsp3) is 1.00. The first-order valence-electron chi connectivity index (χ1n) is 7.28. The number of nitrogens with zero attached hydrogens (tertiary/aromatic N) is 1. The minimum atomic E-state index is 0.442. The van der Waals surface area contributed by atoms with E-state index in [-0.39, 0.29) is 0 Å². The Bertz CT molecular complexity index is 226. The topological polar surface area (TPSA) is 24.5 Å². The number of rotatable bonds is 5. The van der Waals surface area contributed by atoms with E-state index in [2.05, 4.69) is 17.1 Å². The van der Waals surface area contributed by atoms with E-state index in [0.29, 0.717) is 5.54 Å². The van der Waals surface area contributed by atoms with E-state index in [1.165, 1.54) is 51.6 Å². The van der Waals surface area contributed by atoms with Gasteiger partial charge in [-0.25, -0.2) is 0 Å². The predicted octanol–water partition coefficient (Wildman–Crippen LogP) is 2.02. The van der Waals surface area contributed by atoms with Gasteiger partial charge in [-0.3, -0.25) is 4.90 Å². The summed E-state index contributed by atoms with van der Waals surface area (Å²) in [6.45, 7) is 6.67. The fourth-order valence-electron chi connectivity index (χ4n) is 3.51. The third kappa shape index (κ3) is 3.21. The van der Waals surface area contributed by atoms with Gasteiger partial charge in [-0.2, -0.15) is 0 Å². The molecule has 1 heterocycles. The zero-order valence-electron chi connectivity index (χ0n) is 11.5. The van der Waals surface area contributed by atoms with Crippen molar-refractivity contribution in [2.75, 3.05) is 33.4 Å². The molecule has 1 atom stereocenters. The van der Waals surface area contributed by atoms with Crippen molar-refractivity contribution < 1.29 is 4.74 Å². The van der Waals surface area contributed by atoms with Crippen LogP contribution in [0.5, 0.6) is 0 Å². The molecule has 17 heavy (non-hydrogen) atoms. The van der Waals surface area contributed by atoms with Crippen molar-refractivity contribution in [3.8, 4) is 0 Å². The summed E-state index contributed by atoms with van der Waals surface area (Å²) in [5.41, 5.74) is 0.442. The molecule has 100 valence electrons.